The highest BCUT2D eigenvalue weighted by molar-refractivity contribution is 7.89. The highest BCUT2D eigenvalue weighted by Crippen LogP contribution is 2.36. The fourth-order valence-corrected chi connectivity index (χ4v) is 4.80. The van der Waals surface area contributed by atoms with Crippen molar-refractivity contribution in [1.29, 1.82) is 0 Å². The molecular weight excluding hydrogens is 328 g/mol. The standard InChI is InChI=1S/C17H18N2O4S/c1-13-4-2-5-14(12-13)17-6-3-11-18(17)24(22,23)16-9-7-15(8-10-16)19(20)21/h2,4-5,7-10,12,17H,3,6,11H2,1H3. The number of nitro benzene ring substituents is 1. The number of aryl methyl sites for hydroxylation is 1. The summed E-state index contributed by atoms with van der Waals surface area (Å²) in [6.07, 6.45) is 1.57. The average Bonchev–Trinajstić information content (AvgIpc) is 3.05. The number of hydrogen-bond acceptors (Lipinski definition) is 4. The zero-order chi connectivity index (χ0) is 17.3. The normalized spacial score (nSPS) is 18.6. The SMILES string of the molecule is Cc1cccc(C2CCCN2S(=O)(=O)c2ccc([N+](=O)[O-])cc2)c1. The summed E-state index contributed by atoms with van der Waals surface area (Å²) in [7, 11) is -3.68. The van der Waals surface area contributed by atoms with Gasteiger partial charge in [-0.05, 0) is 37.5 Å². The first-order chi connectivity index (χ1) is 11.4. The number of nitrogens with zero attached hydrogens (tertiary/aromatic N) is 2. The number of sulfonamides is 1. The van der Waals surface area contributed by atoms with Gasteiger partial charge in [0.25, 0.3) is 5.69 Å². The smallest absolute Gasteiger partial charge is 0.258 e. The summed E-state index contributed by atoms with van der Waals surface area (Å²) in [6, 6.07) is 12.7. The molecule has 1 heterocycles. The quantitative estimate of drug-likeness (QED) is 0.627. The summed E-state index contributed by atoms with van der Waals surface area (Å²) >= 11 is 0. The Bertz CT molecular complexity index is 862. The Hall–Kier alpha value is -2.25. The molecule has 0 aromatic heterocycles. The van der Waals surface area contributed by atoms with Gasteiger partial charge in [0, 0.05) is 18.7 Å². The van der Waals surface area contributed by atoms with Crippen LogP contribution in [0.1, 0.15) is 30.0 Å². The van der Waals surface area contributed by atoms with E-state index < -0.39 is 14.9 Å². The molecule has 24 heavy (non-hydrogen) atoms. The lowest BCUT2D eigenvalue weighted by Crippen LogP contribution is -2.30. The molecule has 0 bridgehead atoms. The third kappa shape index (κ3) is 3.05. The Kier molecular flexibility index (Phi) is 4.38. The average molecular weight is 346 g/mol. The Morgan fingerprint density at radius 3 is 2.50 bits per heavy atom. The van der Waals surface area contributed by atoms with E-state index in [0.717, 1.165) is 24.0 Å². The van der Waals surface area contributed by atoms with Crippen LogP contribution in [-0.2, 0) is 10.0 Å². The van der Waals surface area contributed by atoms with Crippen LogP contribution in [0.4, 0.5) is 5.69 Å². The molecule has 0 N–H and O–H groups in total. The van der Waals surface area contributed by atoms with Gasteiger partial charge in [-0.1, -0.05) is 29.8 Å². The zero-order valence-electron chi connectivity index (χ0n) is 13.3. The molecule has 0 amide bonds. The number of nitro groups is 1. The fraction of sp³-hybridized carbons (Fsp3) is 0.294. The van der Waals surface area contributed by atoms with E-state index in [0.29, 0.717) is 6.54 Å². The highest BCUT2D eigenvalue weighted by atomic mass is 32.2. The van der Waals surface area contributed by atoms with Crippen LogP contribution in [-0.4, -0.2) is 24.2 Å². The van der Waals surface area contributed by atoms with Crippen molar-refractivity contribution in [3.05, 3.63) is 69.8 Å². The van der Waals surface area contributed by atoms with E-state index in [2.05, 4.69) is 0 Å². The lowest BCUT2D eigenvalue weighted by Gasteiger charge is -2.24. The van der Waals surface area contributed by atoms with Crippen LogP contribution >= 0.6 is 0 Å². The Labute approximate surface area is 140 Å². The van der Waals surface area contributed by atoms with Gasteiger partial charge < -0.3 is 0 Å². The van der Waals surface area contributed by atoms with E-state index in [9.17, 15) is 18.5 Å². The molecule has 1 unspecified atom stereocenters. The van der Waals surface area contributed by atoms with Crippen molar-refractivity contribution in [1.82, 2.24) is 4.31 Å². The molecule has 1 fully saturated rings. The summed E-state index contributed by atoms with van der Waals surface area (Å²) in [5.41, 5.74) is 1.95. The maximum absolute atomic E-state index is 12.9. The van der Waals surface area contributed by atoms with Gasteiger partial charge in [0.05, 0.1) is 15.9 Å². The first-order valence-electron chi connectivity index (χ1n) is 7.72. The second-order valence-electron chi connectivity index (χ2n) is 5.94. The van der Waals surface area contributed by atoms with Crippen LogP contribution in [0.2, 0.25) is 0 Å². The highest BCUT2D eigenvalue weighted by Gasteiger charge is 2.36. The molecule has 6 nitrogen and oxygen atoms in total. The minimum Gasteiger partial charge on any atom is -0.258 e. The molecule has 2 aromatic carbocycles. The van der Waals surface area contributed by atoms with Crippen LogP contribution in [0.15, 0.2) is 53.4 Å². The van der Waals surface area contributed by atoms with Crippen molar-refractivity contribution in [3.8, 4) is 0 Å². The van der Waals surface area contributed by atoms with Crippen molar-refractivity contribution >= 4 is 15.7 Å². The number of benzene rings is 2. The monoisotopic (exact) mass is 346 g/mol. The minimum atomic E-state index is -3.68. The van der Waals surface area contributed by atoms with Crippen molar-refractivity contribution in [2.24, 2.45) is 0 Å². The van der Waals surface area contributed by atoms with E-state index in [1.807, 2.05) is 31.2 Å². The first kappa shape index (κ1) is 16.6. The molecule has 2 aromatic rings. The number of non-ortho nitro benzene ring substituents is 1. The summed E-state index contributed by atoms with van der Waals surface area (Å²) < 4.78 is 27.4. The maximum Gasteiger partial charge on any atom is 0.269 e. The molecule has 0 saturated carbocycles. The van der Waals surface area contributed by atoms with Gasteiger partial charge in [-0.2, -0.15) is 4.31 Å². The molecule has 1 saturated heterocycles. The van der Waals surface area contributed by atoms with Gasteiger partial charge in [0.15, 0.2) is 0 Å². The second kappa shape index (κ2) is 6.33. The third-order valence-electron chi connectivity index (χ3n) is 4.28. The molecule has 1 aliphatic heterocycles. The van der Waals surface area contributed by atoms with Gasteiger partial charge in [-0.15, -0.1) is 0 Å². The van der Waals surface area contributed by atoms with Crippen LogP contribution in [0.5, 0.6) is 0 Å². The summed E-state index contributed by atoms with van der Waals surface area (Å²) in [5, 5.41) is 10.7. The summed E-state index contributed by atoms with van der Waals surface area (Å²) in [5.74, 6) is 0. The topological polar surface area (TPSA) is 80.5 Å². The van der Waals surface area contributed by atoms with Gasteiger partial charge >= 0.3 is 0 Å². The van der Waals surface area contributed by atoms with E-state index in [-0.39, 0.29) is 16.6 Å². The minimum absolute atomic E-state index is 0.0904. The zero-order valence-corrected chi connectivity index (χ0v) is 14.1. The first-order valence-corrected chi connectivity index (χ1v) is 9.16. The third-order valence-corrected chi connectivity index (χ3v) is 6.21. The van der Waals surface area contributed by atoms with Crippen molar-refractivity contribution in [2.45, 2.75) is 30.7 Å². The Balaban J connectivity index is 1.94. The van der Waals surface area contributed by atoms with Gasteiger partial charge in [-0.25, -0.2) is 8.42 Å². The van der Waals surface area contributed by atoms with Gasteiger partial charge in [0.1, 0.15) is 0 Å². The second-order valence-corrected chi connectivity index (χ2v) is 7.83. The number of rotatable bonds is 4. The molecular formula is C17H18N2O4S. The van der Waals surface area contributed by atoms with Crippen LogP contribution in [0.25, 0.3) is 0 Å². The molecule has 1 aliphatic rings. The molecule has 7 heteroatoms. The lowest BCUT2D eigenvalue weighted by molar-refractivity contribution is -0.384. The van der Waals surface area contributed by atoms with Crippen molar-refractivity contribution < 1.29 is 13.3 Å². The van der Waals surface area contributed by atoms with Crippen molar-refractivity contribution in [3.63, 3.8) is 0 Å². The summed E-state index contributed by atoms with van der Waals surface area (Å²) in [6.45, 7) is 2.44. The predicted octanol–water partition coefficient (Wildman–Crippen LogP) is 3.43. The van der Waals surface area contributed by atoms with Crippen LogP contribution < -0.4 is 0 Å². The van der Waals surface area contributed by atoms with Gasteiger partial charge in [-0.3, -0.25) is 10.1 Å². The molecule has 0 spiro atoms. The predicted molar refractivity (Wildman–Crippen MR) is 90.1 cm³/mol. The molecule has 126 valence electrons. The van der Waals surface area contributed by atoms with Gasteiger partial charge in [0.2, 0.25) is 10.0 Å². The molecule has 0 aliphatic carbocycles. The summed E-state index contributed by atoms with van der Waals surface area (Å²) in [4.78, 5) is 10.3. The molecule has 1 atom stereocenters. The van der Waals surface area contributed by atoms with E-state index in [4.69, 9.17) is 0 Å². The van der Waals surface area contributed by atoms with Crippen molar-refractivity contribution in [2.75, 3.05) is 6.54 Å². The molecule has 0 radical (unpaired) electrons. The largest absolute Gasteiger partial charge is 0.269 e. The maximum atomic E-state index is 12.9. The van der Waals surface area contributed by atoms with E-state index in [1.165, 1.54) is 28.6 Å². The lowest BCUT2D eigenvalue weighted by atomic mass is 10.0. The van der Waals surface area contributed by atoms with Crippen LogP contribution in [0, 0.1) is 17.0 Å². The van der Waals surface area contributed by atoms with E-state index in [1.54, 1.807) is 0 Å². The Morgan fingerprint density at radius 2 is 1.88 bits per heavy atom. The number of hydrogen-bond donors (Lipinski definition) is 0. The molecule has 3 rings (SSSR count). The Morgan fingerprint density at radius 1 is 1.17 bits per heavy atom. The van der Waals surface area contributed by atoms with E-state index >= 15 is 0 Å². The fourth-order valence-electron chi connectivity index (χ4n) is 3.11. The van der Waals surface area contributed by atoms with Crippen LogP contribution in [0.3, 0.4) is 0 Å².